The summed E-state index contributed by atoms with van der Waals surface area (Å²) in [6, 6.07) is 12.3. The molecule has 0 aromatic heterocycles. The molecule has 5 heteroatoms. The number of carbonyl (C=O) groups is 1. The van der Waals surface area contributed by atoms with E-state index in [0.717, 1.165) is 24.8 Å². The molecule has 0 spiro atoms. The number of unbranched alkanes of at least 4 members (excludes halogenated alkanes) is 2. The lowest BCUT2D eigenvalue weighted by atomic mass is 10.1. The van der Waals surface area contributed by atoms with Crippen molar-refractivity contribution in [2.45, 2.75) is 39.0 Å². The van der Waals surface area contributed by atoms with E-state index in [2.05, 4.69) is 12.2 Å². The Morgan fingerprint density at radius 1 is 1.08 bits per heavy atom. The number of aryl methyl sites for hydroxylation is 1. The molecular formula is C21H27NO4. The molecule has 2 aromatic rings. The van der Waals surface area contributed by atoms with Crippen LogP contribution in [0.25, 0.3) is 0 Å². The van der Waals surface area contributed by atoms with Gasteiger partial charge in [-0.15, -0.1) is 0 Å². The van der Waals surface area contributed by atoms with E-state index in [1.165, 1.54) is 0 Å². The lowest BCUT2D eigenvalue weighted by Gasteiger charge is -2.13. The Labute approximate surface area is 155 Å². The van der Waals surface area contributed by atoms with Crippen LogP contribution in [0, 0.1) is 0 Å². The summed E-state index contributed by atoms with van der Waals surface area (Å²) in [6.45, 7) is 2.78. The third-order valence-electron chi connectivity index (χ3n) is 4.03. The molecule has 0 atom stereocenters. The highest BCUT2D eigenvalue weighted by Crippen LogP contribution is 2.30. The summed E-state index contributed by atoms with van der Waals surface area (Å²) >= 11 is 0. The average molecular weight is 357 g/mol. The number of phenolic OH excluding ortho intramolecular Hbond substituents is 1. The number of amides is 1. The Morgan fingerprint density at radius 2 is 1.85 bits per heavy atom. The highest BCUT2D eigenvalue weighted by atomic mass is 16.5. The van der Waals surface area contributed by atoms with E-state index >= 15 is 0 Å². The first-order valence-electron chi connectivity index (χ1n) is 9.01. The van der Waals surface area contributed by atoms with E-state index in [1.807, 2.05) is 12.1 Å². The molecule has 0 saturated carbocycles. The summed E-state index contributed by atoms with van der Waals surface area (Å²) in [4.78, 5) is 12.2. The van der Waals surface area contributed by atoms with E-state index in [4.69, 9.17) is 9.47 Å². The number of hydrogen-bond acceptors (Lipinski definition) is 4. The van der Waals surface area contributed by atoms with Crippen LogP contribution in [0.3, 0.4) is 0 Å². The van der Waals surface area contributed by atoms with Gasteiger partial charge >= 0.3 is 0 Å². The highest BCUT2D eigenvalue weighted by Gasteiger charge is 2.09. The maximum Gasteiger partial charge on any atom is 0.224 e. The molecule has 1 amide bonds. The molecule has 0 heterocycles. The normalized spacial score (nSPS) is 10.4. The Kier molecular flexibility index (Phi) is 7.80. The van der Waals surface area contributed by atoms with Crippen molar-refractivity contribution in [3.63, 3.8) is 0 Å². The number of phenols is 1. The molecule has 26 heavy (non-hydrogen) atoms. The van der Waals surface area contributed by atoms with E-state index in [0.29, 0.717) is 36.6 Å². The van der Waals surface area contributed by atoms with Gasteiger partial charge in [0.15, 0.2) is 11.5 Å². The number of rotatable bonds is 10. The Morgan fingerprint density at radius 3 is 2.54 bits per heavy atom. The minimum absolute atomic E-state index is 0.0693. The highest BCUT2D eigenvalue weighted by molar-refractivity contribution is 5.91. The molecule has 0 aliphatic heterocycles. The zero-order valence-corrected chi connectivity index (χ0v) is 15.5. The zero-order valence-electron chi connectivity index (χ0n) is 15.5. The first-order valence-corrected chi connectivity index (χ1v) is 9.01. The summed E-state index contributed by atoms with van der Waals surface area (Å²) in [5, 5.41) is 12.2. The van der Waals surface area contributed by atoms with E-state index in [-0.39, 0.29) is 11.7 Å². The van der Waals surface area contributed by atoms with Gasteiger partial charge in [-0.1, -0.05) is 31.9 Å². The largest absolute Gasteiger partial charge is 0.508 e. The second-order valence-corrected chi connectivity index (χ2v) is 6.14. The third kappa shape index (κ3) is 6.31. The molecular weight excluding hydrogens is 330 g/mol. The number of aromatic hydroxyl groups is 1. The fourth-order valence-corrected chi connectivity index (χ4v) is 2.55. The number of ether oxygens (including phenoxy) is 2. The van der Waals surface area contributed by atoms with Crippen molar-refractivity contribution in [1.29, 1.82) is 0 Å². The lowest BCUT2D eigenvalue weighted by Crippen LogP contribution is -2.12. The quantitative estimate of drug-likeness (QED) is 0.613. The molecule has 0 saturated heterocycles. The molecule has 140 valence electrons. The smallest absolute Gasteiger partial charge is 0.224 e. The topological polar surface area (TPSA) is 67.8 Å². The van der Waals surface area contributed by atoms with Gasteiger partial charge in [-0.25, -0.2) is 0 Å². The number of methoxy groups -OCH3 is 1. The van der Waals surface area contributed by atoms with E-state index in [9.17, 15) is 9.90 Å². The van der Waals surface area contributed by atoms with Crippen molar-refractivity contribution in [3.8, 4) is 17.2 Å². The first-order chi connectivity index (χ1) is 12.6. The Balaban J connectivity index is 1.90. The zero-order chi connectivity index (χ0) is 18.8. The van der Waals surface area contributed by atoms with Crippen LogP contribution < -0.4 is 14.8 Å². The van der Waals surface area contributed by atoms with Gasteiger partial charge in [-0.2, -0.15) is 0 Å². The van der Waals surface area contributed by atoms with E-state index < -0.39 is 0 Å². The third-order valence-corrected chi connectivity index (χ3v) is 4.03. The van der Waals surface area contributed by atoms with Crippen LogP contribution in [-0.2, 0) is 11.2 Å². The Bertz CT molecular complexity index is 698. The van der Waals surface area contributed by atoms with Crippen LogP contribution in [-0.4, -0.2) is 24.7 Å². The summed E-state index contributed by atoms with van der Waals surface area (Å²) in [7, 11) is 1.60. The number of carbonyl (C=O) groups excluding carboxylic acids is 1. The molecule has 0 bridgehead atoms. The lowest BCUT2D eigenvalue weighted by molar-refractivity contribution is -0.116. The fraction of sp³-hybridized carbons (Fsp3) is 0.381. The van der Waals surface area contributed by atoms with Crippen LogP contribution in [0.15, 0.2) is 42.5 Å². The molecule has 2 aromatic carbocycles. The number of nitrogens with one attached hydrogen (secondary N) is 1. The monoisotopic (exact) mass is 357 g/mol. The summed E-state index contributed by atoms with van der Waals surface area (Å²) in [5.41, 5.74) is 1.69. The number of hydrogen-bond donors (Lipinski definition) is 2. The van der Waals surface area contributed by atoms with Gasteiger partial charge in [0.1, 0.15) is 5.75 Å². The van der Waals surface area contributed by atoms with Gasteiger partial charge < -0.3 is 19.9 Å². The molecule has 2 rings (SSSR count). The minimum atomic E-state index is -0.0693. The molecule has 2 N–H and O–H groups in total. The molecule has 0 aliphatic rings. The molecule has 5 nitrogen and oxygen atoms in total. The summed E-state index contributed by atoms with van der Waals surface area (Å²) < 4.78 is 11.1. The van der Waals surface area contributed by atoms with Gasteiger partial charge in [0.05, 0.1) is 13.7 Å². The Hall–Kier alpha value is -2.69. The molecule has 0 fully saturated rings. The maximum absolute atomic E-state index is 12.2. The number of anilines is 1. The van der Waals surface area contributed by atoms with Gasteiger partial charge in [0.2, 0.25) is 5.91 Å². The van der Waals surface area contributed by atoms with Crippen molar-refractivity contribution >= 4 is 11.6 Å². The second-order valence-electron chi connectivity index (χ2n) is 6.14. The summed E-state index contributed by atoms with van der Waals surface area (Å²) in [5.74, 6) is 1.45. The SMILES string of the molecule is CCCCCOc1cc(NC(=O)CCc2ccc(O)cc2)ccc1OC. The number of benzene rings is 2. The summed E-state index contributed by atoms with van der Waals surface area (Å²) in [6.07, 6.45) is 4.22. The van der Waals surface area contributed by atoms with Crippen LogP contribution in [0.5, 0.6) is 17.2 Å². The van der Waals surface area contributed by atoms with Gasteiger partial charge in [0, 0.05) is 18.2 Å². The maximum atomic E-state index is 12.2. The molecule has 0 unspecified atom stereocenters. The van der Waals surface area contributed by atoms with Crippen LogP contribution in [0.2, 0.25) is 0 Å². The predicted octanol–water partition coefficient (Wildman–Crippen LogP) is 4.54. The van der Waals surface area contributed by atoms with Crippen molar-refractivity contribution in [2.75, 3.05) is 19.0 Å². The van der Waals surface area contributed by atoms with Gasteiger partial charge in [-0.05, 0) is 42.7 Å². The van der Waals surface area contributed by atoms with Crippen molar-refractivity contribution in [2.24, 2.45) is 0 Å². The molecule has 0 radical (unpaired) electrons. The van der Waals surface area contributed by atoms with Crippen LogP contribution >= 0.6 is 0 Å². The van der Waals surface area contributed by atoms with Gasteiger partial charge in [0.25, 0.3) is 0 Å². The van der Waals surface area contributed by atoms with Gasteiger partial charge in [-0.3, -0.25) is 4.79 Å². The van der Waals surface area contributed by atoms with Crippen LogP contribution in [0.4, 0.5) is 5.69 Å². The second kappa shape index (κ2) is 10.3. The predicted molar refractivity (Wildman–Crippen MR) is 103 cm³/mol. The first kappa shape index (κ1) is 19.6. The minimum Gasteiger partial charge on any atom is -0.508 e. The fourth-order valence-electron chi connectivity index (χ4n) is 2.55. The molecule has 0 aliphatic carbocycles. The van der Waals surface area contributed by atoms with E-state index in [1.54, 1.807) is 37.4 Å². The van der Waals surface area contributed by atoms with Crippen molar-refractivity contribution in [1.82, 2.24) is 0 Å². The average Bonchev–Trinajstić information content (AvgIpc) is 2.65. The van der Waals surface area contributed by atoms with Crippen LogP contribution in [0.1, 0.15) is 38.2 Å². The standard InChI is InChI=1S/C21H27NO4/c1-3-4-5-14-26-20-15-17(9-12-19(20)25-2)22-21(24)13-8-16-6-10-18(23)11-7-16/h6-7,9-12,15,23H,3-5,8,13-14H2,1-2H3,(H,22,24). The van der Waals surface area contributed by atoms with Crippen molar-refractivity contribution in [3.05, 3.63) is 48.0 Å². The van der Waals surface area contributed by atoms with Crippen molar-refractivity contribution < 1.29 is 19.4 Å².